The van der Waals surface area contributed by atoms with Gasteiger partial charge in [-0.25, -0.2) is 4.39 Å². The molecule has 0 amide bonds. The normalized spacial score (nSPS) is 11.9. The van der Waals surface area contributed by atoms with Crippen molar-refractivity contribution in [1.82, 2.24) is 0 Å². The summed E-state index contributed by atoms with van der Waals surface area (Å²) in [5.41, 5.74) is 2.12. The Morgan fingerprint density at radius 1 is 1.05 bits per heavy atom. The number of ether oxygens (including phenoxy) is 1. The molecule has 2 rings (SSSR count). The SMILES string of the molecule is CCC(CNc1ccc(F)cc1)Oc1ccc(C)cc1. The number of benzene rings is 2. The van der Waals surface area contributed by atoms with Crippen molar-refractivity contribution in [3.05, 3.63) is 59.9 Å². The molecule has 0 aliphatic heterocycles. The van der Waals surface area contributed by atoms with Crippen LogP contribution in [0.3, 0.4) is 0 Å². The van der Waals surface area contributed by atoms with Crippen LogP contribution in [0, 0.1) is 12.7 Å². The summed E-state index contributed by atoms with van der Waals surface area (Å²) in [7, 11) is 0. The first-order chi connectivity index (χ1) is 9.67. The molecule has 2 aromatic rings. The molecule has 0 spiro atoms. The van der Waals surface area contributed by atoms with Crippen LogP contribution in [0.2, 0.25) is 0 Å². The fourth-order valence-corrected chi connectivity index (χ4v) is 1.88. The minimum absolute atomic E-state index is 0.0859. The maximum Gasteiger partial charge on any atom is 0.123 e. The number of aryl methyl sites for hydroxylation is 1. The first kappa shape index (κ1) is 14.4. The van der Waals surface area contributed by atoms with Gasteiger partial charge in [-0.3, -0.25) is 0 Å². The average molecular weight is 273 g/mol. The Morgan fingerprint density at radius 2 is 1.70 bits per heavy atom. The summed E-state index contributed by atoms with van der Waals surface area (Å²) >= 11 is 0. The summed E-state index contributed by atoms with van der Waals surface area (Å²) in [6, 6.07) is 14.4. The Kier molecular flexibility index (Phi) is 4.99. The van der Waals surface area contributed by atoms with Crippen LogP contribution in [0.1, 0.15) is 18.9 Å². The molecule has 0 bridgehead atoms. The van der Waals surface area contributed by atoms with Crippen molar-refractivity contribution in [1.29, 1.82) is 0 Å². The van der Waals surface area contributed by atoms with Gasteiger partial charge < -0.3 is 10.1 Å². The van der Waals surface area contributed by atoms with Crippen LogP contribution in [-0.2, 0) is 0 Å². The molecule has 3 heteroatoms. The van der Waals surface area contributed by atoms with Crippen LogP contribution in [0.4, 0.5) is 10.1 Å². The van der Waals surface area contributed by atoms with Gasteiger partial charge >= 0.3 is 0 Å². The van der Waals surface area contributed by atoms with E-state index in [1.54, 1.807) is 12.1 Å². The van der Waals surface area contributed by atoms with Crippen molar-refractivity contribution in [3.63, 3.8) is 0 Å². The second-order valence-electron chi connectivity index (χ2n) is 4.85. The van der Waals surface area contributed by atoms with Crippen molar-refractivity contribution < 1.29 is 9.13 Å². The van der Waals surface area contributed by atoms with Crippen LogP contribution >= 0.6 is 0 Å². The van der Waals surface area contributed by atoms with Gasteiger partial charge in [-0.05, 0) is 49.7 Å². The maximum atomic E-state index is 12.8. The molecular formula is C17H20FNO. The van der Waals surface area contributed by atoms with Crippen LogP contribution < -0.4 is 10.1 Å². The standard InChI is InChI=1S/C17H20FNO/c1-3-16(20-17-10-4-13(2)5-11-17)12-19-15-8-6-14(18)7-9-15/h4-11,16,19H,3,12H2,1-2H3. The van der Waals surface area contributed by atoms with Crippen LogP contribution in [0.25, 0.3) is 0 Å². The van der Waals surface area contributed by atoms with E-state index in [0.717, 1.165) is 17.9 Å². The Bertz CT molecular complexity index is 522. The van der Waals surface area contributed by atoms with E-state index >= 15 is 0 Å². The third-order valence-corrected chi connectivity index (χ3v) is 3.16. The topological polar surface area (TPSA) is 21.3 Å². The van der Waals surface area contributed by atoms with Gasteiger partial charge in [0, 0.05) is 5.69 Å². The van der Waals surface area contributed by atoms with E-state index in [9.17, 15) is 4.39 Å². The number of anilines is 1. The Morgan fingerprint density at radius 3 is 2.30 bits per heavy atom. The molecule has 0 saturated heterocycles. The van der Waals surface area contributed by atoms with Crippen LogP contribution in [-0.4, -0.2) is 12.6 Å². The number of nitrogens with one attached hydrogen (secondary N) is 1. The second-order valence-corrected chi connectivity index (χ2v) is 4.85. The number of halogens is 1. The molecule has 1 atom stereocenters. The lowest BCUT2D eigenvalue weighted by molar-refractivity contribution is 0.210. The Balaban J connectivity index is 1.88. The minimum Gasteiger partial charge on any atom is -0.489 e. The van der Waals surface area contributed by atoms with Gasteiger partial charge in [0.15, 0.2) is 0 Å². The highest BCUT2D eigenvalue weighted by Gasteiger charge is 2.08. The van der Waals surface area contributed by atoms with Crippen molar-refractivity contribution in [2.45, 2.75) is 26.4 Å². The number of hydrogen-bond donors (Lipinski definition) is 1. The average Bonchev–Trinajstić information content (AvgIpc) is 2.47. The largest absolute Gasteiger partial charge is 0.489 e. The van der Waals surface area contributed by atoms with E-state index in [-0.39, 0.29) is 11.9 Å². The molecule has 0 aromatic heterocycles. The van der Waals surface area contributed by atoms with E-state index in [1.165, 1.54) is 17.7 Å². The lowest BCUT2D eigenvalue weighted by Gasteiger charge is -2.19. The third-order valence-electron chi connectivity index (χ3n) is 3.16. The molecule has 2 aromatic carbocycles. The molecule has 106 valence electrons. The van der Waals surface area contributed by atoms with Gasteiger partial charge in [0.05, 0.1) is 6.54 Å². The first-order valence-electron chi connectivity index (χ1n) is 6.90. The van der Waals surface area contributed by atoms with E-state index in [4.69, 9.17) is 4.74 Å². The lowest BCUT2D eigenvalue weighted by atomic mass is 10.2. The lowest BCUT2D eigenvalue weighted by Crippen LogP contribution is -2.25. The minimum atomic E-state index is -0.224. The quantitative estimate of drug-likeness (QED) is 0.842. The fraction of sp³-hybridized carbons (Fsp3) is 0.294. The summed E-state index contributed by atoms with van der Waals surface area (Å²) in [4.78, 5) is 0. The fourth-order valence-electron chi connectivity index (χ4n) is 1.88. The van der Waals surface area contributed by atoms with Crippen molar-refractivity contribution in [2.75, 3.05) is 11.9 Å². The van der Waals surface area contributed by atoms with Crippen molar-refractivity contribution in [2.24, 2.45) is 0 Å². The predicted molar refractivity (Wildman–Crippen MR) is 80.8 cm³/mol. The number of hydrogen-bond acceptors (Lipinski definition) is 2. The Hall–Kier alpha value is -2.03. The summed E-state index contributed by atoms with van der Waals surface area (Å²) < 4.78 is 18.7. The molecule has 1 N–H and O–H groups in total. The molecule has 0 heterocycles. The molecule has 0 radical (unpaired) electrons. The molecule has 2 nitrogen and oxygen atoms in total. The highest BCUT2D eigenvalue weighted by Crippen LogP contribution is 2.15. The molecule has 1 unspecified atom stereocenters. The molecule has 0 aliphatic rings. The highest BCUT2D eigenvalue weighted by molar-refractivity contribution is 5.42. The summed E-state index contributed by atoms with van der Waals surface area (Å²) in [5, 5.41) is 3.26. The molecular weight excluding hydrogens is 253 g/mol. The monoisotopic (exact) mass is 273 g/mol. The van der Waals surface area contributed by atoms with E-state index in [1.807, 2.05) is 24.3 Å². The van der Waals surface area contributed by atoms with Crippen molar-refractivity contribution in [3.8, 4) is 5.75 Å². The summed E-state index contributed by atoms with van der Waals surface area (Å²) in [5.74, 6) is 0.654. The van der Waals surface area contributed by atoms with Gasteiger partial charge in [0.1, 0.15) is 17.7 Å². The first-order valence-corrected chi connectivity index (χ1v) is 6.90. The van der Waals surface area contributed by atoms with Gasteiger partial charge in [0.25, 0.3) is 0 Å². The smallest absolute Gasteiger partial charge is 0.123 e. The molecule has 0 saturated carbocycles. The van der Waals surface area contributed by atoms with E-state index in [0.29, 0.717) is 6.54 Å². The van der Waals surface area contributed by atoms with Gasteiger partial charge in [-0.1, -0.05) is 24.6 Å². The van der Waals surface area contributed by atoms with Crippen LogP contribution in [0.15, 0.2) is 48.5 Å². The zero-order chi connectivity index (χ0) is 14.4. The zero-order valence-electron chi connectivity index (χ0n) is 11.9. The summed E-state index contributed by atoms with van der Waals surface area (Å²) in [6.45, 7) is 4.83. The zero-order valence-corrected chi connectivity index (χ0v) is 11.9. The second kappa shape index (κ2) is 6.94. The van der Waals surface area contributed by atoms with Gasteiger partial charge in [-0.15, -0.1) is 0 Å². The van der Waals surface area contributed by atoms with E-state index in [2.05, 4.69) is 19.2 Å². The number of rotatable bonds is 6. The van der Waals surface area contributed by atoms with Crippen molar-refractivity contribution >= 4 is 5.69 Å². The third kappa shape index (κ3) is 4.26. The van der Waals surface area contributed by atoms with Gasteiger partial charge in [-0.2, -0.15) is 0 Å². The predicted octanol–water partition coefficient (Wildman–Crippen LogP) is 4.40. The maximum absolute atomic E-state index is 12.8. The molecule has 20 heavy (non-hydrogen) atoms. The molecule has 0 fully saturated rings. The van der Waals surface area contributed by atoms with E-state index < -0.39 is 0 Å². The Labute approximate surface area is 119 Å². The van der Waals surface area contributed by atoms with Crippen LogP contribution in [0.5, 0.6) is 5.75 Å². The van der Waals surface area contributed by atoms with Gasteiger partial charge in [0.2, 0.25) is 0 Å². The summed E-state index contributed by atoms with van der Waals surface area (Å²) in [6.07, 6.45) is 0.991. The highest BCUT2D eigenvalue weighted by atomic mass is 19.1. The molecule has 0 aliphatic carbocycles.